The molecular formula is C15H12BrN3O2. The molecule has 3 aromatic rings. The third-order valence-electron chi connectivity index (χ3n) is 2.92. The minimum atomic E-state index is -0.146. The first kappa shape index (κ1) is 13.6. The summed E-state index contributed by atoms with van der Waals surface area (Å²) >= 11 is 3.33. The second-order valence-electron chi connectivity index (χ2n) is 4.52. The van der Waals surface area contributed by atoms with E-state index in [-0.39, 0.29) is 12.2 Å². The van der Waals surface area contributed by atoms with E-state index in [2.05, 4.69) is 20.9 Å². The van der Waals surface area contributed by atoms with Crippen LogP contribution < -0.4 is 16.0 Å². The highest BCUT2D eigenvalue weighted by atomic mass is 79.9. The van der Waals surface area contributed by atoms with Gasteiger partial charge in [-0.3, -0.25) is 9.20 Å². The van der Waals surface area contributed by atoms with Gasteiger partial charge in [0.15, 0.2) is 0 Å². The van der Waals surface area contributed by atoms with Crippen LogP contribution >= 0.6 is 15.9 Å². The maximum absolute atomic E-state index is 12.0. The van der Waals surface area contributed by atoms with Crippen LogP contribution in [-0.4, -0.2) is 9.38 Å². The fourth-order valence-corrected chi connectivity index (χ4v) is 2.30. The van der Waals surface area contributed by atoms with E-state index in [0.717, 1.165) is 4.47 Å². The summed E-state index contributed by atoms with van der Waals surface area (Å²) in [5.41, 5.74) is 7.32. The molecule has 106 valence electrons. The lowest BCUT2D eigenvalue weighted by Crippen LogP contribution is -2.16. The molecule has 0 bridgehead atoms. The van der Waals surface area contributed by atoms with Gasteiger partial charge in [0.1, 0.15) is 18.0 Å². The largest absolute Gasteiger partial charge is 0.487 e. The summed E-state index contributed by atoms with van der Waals surface area (Å²) in [5.74, 6) is 0.646. The Bertz CT molecular complexity index is 861. The van der Waals surface area contributed by atoms with Crippen molar-refractivity contribution in [2.24, 2.45) is 0 Å². The normalized spacial score (nSPS) is 10.7. The number of aromatic nitrogens is 2. The molecule has 0 spiro atoms. The second-order valence-corrected chi connectivity index (χ2v) is 5.44. The third-order valence-corrected chi connectivity index (χ3v) is 3.39. The van der Waals surface area contributed by atoms with Crippen LogP contribution in [0.15, 0.2) is 57.9 Å². The molecule has 3 rings (SSSR count). The summed E-state index contributed by atoms with van der Waals surface area (Å²) in [4.78, 5) is 16.4. The zero-order chi connectivity index (χ0) is 14.8. The van der Waals surface area contributed by atoms with Gasteiger partial charge in [0.2, 0.25) is 0 Å². The van der Waals surface area contributed by atoms with Gasteiger partial charge in [0.05, 0.1) is 5.69 Å². The molecule has 0 saturated carbocycles. The Morgan fingerprint density at radius 2 is 2.10 bits per heavy atom. The standard InChI is InChI=1S/C15H12BrN3O2/c16-10-4-5-14-18-12(7-15(20)19(14)8-10)9-21-13-3-1-2-11(17)6-13/h1-8H,9,17H2. The number of anilines is 1. The van der Waals surface area contributed by atoms with E-state index in [0.29, 0.717) is 22.8 Å². The number of pyridine rings is 1. The predicted octanol–water partition coefficient (Wildman–Crippen LogP) is 2.62. The monoisotopic (exact) mass is 345 g/mol. The lowest BCUT2D eigenvalue weighted by Gasteiger charge is -2.07. The number of ether oxygens (including phenoxy) is 1. The molecule has 5 nitrogen and oxygen atoms in total. The van der Waals surface area contributed by atoms with Crippen LogP contribution in [0.3, 0.4) is 0 Å². The van der Waals surface area contributed by atoms with Crippen LogP contribution in [0.25, 0.3) is 5.65 Å². The summed E-state index contributed by atoms with van der Waals surface area (Å²) < 4.78 is 7.90. The Balaban J connectivity index is 1.88. The Hall–Kier alpha value is -2.34. The summed E-state index contributed by atoms with van der Waals surface area (Å²) in [5, 5.41) is 0. The van der Waals surface area contributed by atoms with Gasteiger partial charge in [-0.15, -0.1) is 0 Å². The van der Waals surface area contributed by atoms with E-state index < -0.39 is 0 Å². The summed E-state index contributed by atoms with van der Waals surface area (Å²) in [6.07, 6.45) is 1.69. The van der Waals surface area contributed by atoms with Crippen molar-refractivity contribution in [2.75, 3.05) is 5.73 Å². The van der Waals surface area contributed by atoms with Crippen LogP contribution in [0.1, 0.15) is 5.69 Å². The zero-order valence-electron chi connectivity index (χ0n) is 11.0. The number of nitrogen functional groups attached to an aromatic ring is 1. The molecule has 0 amide bonds. The number of hydrogen-bond donors (Lipinski definition) is 1. The first-order valence-electron chi connectivity index (χ1n) is 6.28. The highest BCUT2D eigenvalue weighted by molar-refractivity contribution is 9.10. The molecule has 0 atom stereocenters. The van der Waals surface area contributed by atoms with Crippen molar-refractivity contribution in [3.05, 3.63) is 69.2 Å². The SMILES string of the molecule is Nc1cccc(OCc2cc(=O)n3cc(Br)ccc3n2)c1. The minimum absolute atomic E-state index is 0.146. The van der Waals surface area contributed by atoms with Crippen molar-refractivity contribution in [1.82, 2.24) is 9.38 Å². The first-order valence-corrected chi connectivity index (χ1v) is 7.07. The van der Waals surface area contributed by atoms with E-state index in [4.69, 9.17) is 10.5 Å². The number of benzene rings is 1. The molecule has 0 aliphatic heterocycles. The van der Waals surface area contributed by atoms with Gasteiger partial charge < -0.3 is 10.5 Å². The average molecular weight is 346 g/mol. The molecule has 2 aromatic heterocycles. The van der Waals surface area contributed by atoms with E-state index in [1.165, 1.54) is 10.5 Å². The molecule has 2 N–H and O–H groups in total. The summed E-state index contributed by atoms with van der Waals surface area (Å²) in [6.45, 7) is 0.214. The Morgan fingerprint density at radius 3 is 2.90 bits per heavy atom. The molecule has 1 aromatic carbocycles. The smallest absolute Gasteiger partial charge is 0.258 e. The third kappa shape index (κ3) is 3.05. The van der Waals surface area contributed by atoms with Crippen LogP contribution in [0.2, 0.25) is 0 Å². The van der Waals surface area contributed by atoms with Crippen molar-refractivity contribution in [2.45, 2.75) is 6.61 Å². The van der Waals surface area contributed by atoms with Gasteiger partial charge in [-0.05, 0) is 40.2 Å². The topological polar surface area (TPSA) is 69.6 Å². The van der Waals surface area contributed by atoms with Crippen molar-refractivity contribution >= 4 is 27.3 Å². The molecule has 0 unspecified atom stereocenters. The van der Waals surface area contributed by atoms with Gasteiger partial charge in [0, 0.05) is 28.5 Å². The van der Waals surface area contributed by atoms with Crippen molar-refractivity contribution in [3.63, 3.8) is 0 Å². The maximum atomic E-state index is 12.0. The van der Waals surface area contributed by atoms with Crippen LogP contribution in [-0.2, 0) is 6.61 Å². The van der Waals surface area contributed by atoms with Crippen LogP contribution in [0.5, 0.6) is 5.75 Å². The molecule has 2 heterocycles. The van der Waals surface area contributed by atoms with Gasteiger partial charge >= 0.3 is 0 Å². The molecule has 0 radical (unpaired) electrons. The number of hydrogen-bond acceptors (Lipinski definition) is 4. The molecular weight excluding hydrogens is 334 g/mol. The fourth-order valence-electron chi connectivity index (χ4n) is 1.96. The molecule has 0 saturated heterocycles. The highest BCUT2D eigenvalue weighted by Crippen LogP contribution is 2.16. The van der Waals surface area contributed by atoms with Gasteiger partial charge in [-0.1, -0.05) is 6.07 Å². The molecule has 21 heavy (non-hydrogen) atoms. The first-order chi connectivity index (χ1) is 10.1. The lowest BCUT2D eigenvalue weighted by atomic mass is 10.3. The molecule has 0 aliphatic carbocycles. The van der Waals surface area contributed by atoms with Crippen LogP contribution in [0, 0.1) is 0 Å². The number of fused-ring (bicyclic) bond motifs is 1. The van der Waals surface area contributed by atoms with Gasteiger partial charge in [0.25, 0.3) is 5.56 Å². The quantitative estimate of drug-likeness (QED) is 0.740. The van der Waals surface area contributed by atoms with Gasteiger partial charge in [-0.2, -0.15) is 0 Å². The molecule has 6 heteroatoms. The Morgan fingerprint density at radius 1 is 1.24 bits per heavy atom. The molecule has 0 aliphatic rings. The number of nitrogens with two attached hydrogens (primary N) is 1. The van der Waals surface area contributed by atoms with Gasteiger partial charge in [-0.25, -0.2) is 4.98 Å². The van der Waals surface area contributed by atoms with E-state index in [1.807, 2.05) is 12.1 Å². The Labute approximate surface area is 129 Å². The van der Waals surface area contributed by atoms with Crippen molar-refractivity contribution < 1.29 is 4.74 Å². The highest BCUT2D eigenvalue weighted by Gasteiger charge is 2.04. The van der Waals surface area contributed by atoms with E-state index in [1.54, 1.807) is 30.5 Å². The second kappa shape index (κ2) is 5.57. The van der Waals surface area contributed by atoms with E-state index in [9.17, 15) is 4.79 Å². The number of rotatable bonds is 3. The van der Waals surface area contributed by atoms with Crippen LogP contribution in [0.4, 0.5) is 5.69 Å². The fraction of sp³-hybridized carbons (Fsp3) is 0.0667. The predicted molar refractivity (Wildman–Crippen MR) is 84.3 cm³/mol. The Kier molecular flexibility index (Phi) is 3.62. The number of nitrogens with zero attached hydrogens (tertiary/aromatic N) is 2. The number of halogens is 1. The van der Waals surface area contributed by atoms with Crippen molar-refractivity contribution in [1.29, 1.82) is 0 Å². The maximum Gasteiger partial charge on any atom is 0.258 e. The van der Waals surface area contributed by atoms with E-state index >= 15 is 0 Å². The summed E-state index contributed by atoms with van der Waals surface area (Å²) in [7, 11) is 0. The molecule has 0 fully saturated rings. The zero-order valence-corrected chi connectivity index (χ0v) is 12.6. The minimum Gasteiger partial charge on any atom is -0.487 e. The summed E-state index contributed by atoms with van der Waals surface area (Å²) in [6, 6.07) is 12.2. The average Bonchev–Trinajstić information content (AvgIpc) is 2.46. The lowest BCUT2D eigenvalue weighted by molar-refractivity contribution is 0.301. The van der Waals surface area contributed by atoms with Crippen molar-refractivity contribution in [3.8, 4) is 5.75 Å².